The molecule has 0 fully saturated rings. The fourth-order valence-electron chi connectivity index (χ4n) is 3.26. The molecule has 2 aromatic carbocycles. The van der Waals surface area contributed by atoms with Gasteiger partial charge in [-0.05, 0) is 36.5 Å². The summed E-state index contributed by atoms with van der Waals surface area (Å²) in [5.41, 5.74) is 1.90. The Labute approximate surface area is 174 Å². The Morgan fingerprint density at radius 2 is 1.77 bits per heavy atom. The Morgan fingerprint density at radius 1 is 1.10 bits per heavy atom. The number of benzene rings is 2. The van der Waals surface area contributed by atoms with Crippen molar-refractivity contribution in [3.63, 3.8) is 0 Å². The van der Waals surface area contributed by atoms with Gasteiger partial charge in [-0.3, -0.25) is 14.7 Å². The largest absolute Gasteiger partial charge is 0.481 e. The fourth-order valence-corrected chi connectivity index (χ4v) is 3.26. The number of hydrogen-bond acceptors (Lipinski definition) is 5. The first-order valence-electron chi connectivity index (χ1n) is 9.57. The van der Waals surface area contributed by atoms with Gasteiger partial charge in [-0.25, -0.2) is 0 Å². The van der Waals surface area contributed by atoms with E-state index in [0.717, 1.165) is 16.7 Å². The Balaban J connectivity index is 1.79. The number of carboxylic acids is 1. The van der Waals surface area contributed by atoms with E-state index in [4.69, 9.17) is 0 Å². The molecule has 3 aromatic rings. The van der Waals surface area contributed by atoms with Gasteiger partial charge >= 0.3 is 5.97 Å². The summed E-state index contributed by atoms with van der Waals surface area (Å²) in [6.45, 7) is 0.929. The molecule has 0 spiro atoms. The minimum absolute atomic E-state index is 0.0621. The van der Waals surface area contributed by atoms with Gasteiger partial charge in [-0.15, -0.1) is 5.10 Å². The van der Waals surface area contributed by atoms with E-state index in [2.05, 4.69) is 20.7 Å². The van der Waals surface area contributed by atoms with E-state index in [9.17, 15) is 19.8 Å². The fraction of sp³-hybridized carbons (Fsp3) is 0.273. The SMILES string of the molecule is CC(CO)(C[C@@H](Cc1ccc(-c2ccccc2)cc1)NC(=O)c1cnn[nH]1)C(=O)O. The van der Waals surface area contributed by atoms with Crippen LogP contribution in [0, 0.1) is 5.41 Å². The van der Waals surface area contributed by atoms with Crippen molar-refractivity contribution in [2.75, 3.05) is 6.61 Å². The summed E-state index contributed by atoms with van der Waals surface area (Å²) in [6.07, 6.45) is 1.77. The Kier molecular flexibility index (Phi) is 6.58. The first-order valence-corrected chi connectivity index (χ1v) is 9.57. The van der Waals surface area contributed by atoms with E-state index in [-0.39, 0.29) is 12.1 Å². The molecule has 0 bridgehead atoms. The van der Waals surface area contributed by atoms with Crippen LogP contribution in [0.5, 0.6) is 0 Å². The lowest BCUT2D eigenvalue weighted by atomic mass is 9.82. The number of aliphatic hydroxyl groups excluding tert-OH is 1. The predicted octanol–water partition coefficient (Wildman–Crippen LogP) is 2.29. The summed E-state index contributed by atoms with van der Waals surface area (Å²) < 4.78 is 0. The molecule has 2 atom stereocenters. The van der Waals surface area contributed by atoms with Gasteiger partial charge in [-0.1, -0.05) is 59.8 Å². The molecular formula is C22H24N4O4. The molecule has 0 saturated heterocycles. The minimum atomic E-state index is -1.38. The van der Waals surface area contributed by atoms with Crippen molar-refractivity contribution in [3.05, 3.63) is 72.1 Å². The third-order valence-corrected chi connectivity index (χ3v) is 5.10. The number of aromatic nitrogens is 3. The second-order valence-corrected chi connectivity index (χ2v) is 7.54. The van der Waals surface area contributed by atoms with Crippen LogP contribution in [0.3, 0.4) is 0 Å². The van der Waals surface area contributed by atoms with Crippen LogP contribution in [0.25, 0.3) is 11.1 Å². The average molecular weight is 408 g/mol. The van der Waals surface area contributed by atoms with Gasteiger partial charge in [0, 0.05) is 6.04 Å². The van der Waals surface area contributed by atoms with Gasteiger partial charge < -0.3 is 15.5 Å². The van der Waals surface area contributed by atoms with Gasteiger partial charge in [-0.2, -0.15) is 0 Å². The molecule has 0 radical (unpaired) electrons. The minimum Gasteiger partial charge on any atom is -0.481 e. The number of aliphatic hydroxyl groups is 1. The van der Waals surface area contributed by atoms with Gasteiger partial charge in [0.25, 0.3) is 5.91 Å². The molecule has 30 heavy (non-hydrogen) atoms. The summed E-state index contributed by atoms with van der Waals surface area (Å²) in [5, 5.41) is 31.6. The molecule has 1 unspecified atom stereocenters. The molecular weight excluding hydrogens is 384 g/mol. The number of amides is 1. The van der Waals surface area contributed by atoms with Gasteiger partial charge in [0.2, 0.25) is 0 Å². The van der Waals surface area contributed by atoms with Crippen LogP contribution in [0.2, 0.25) is 0 Å². The zero-order valence-corrected chi connectivity index (χ0v) is 16.6. The lowest BCUT2D eigenvalue weighted by molar-refractivity contribution is -0.151. The number of carbonyl (C=O) groups excluding carboxylic acids is 1. The zero-order chi connectivity index (χ0) is 21.6. The van der Waals surface area contributed by atoms with Crippen molar-refractivity contribution in [1.29, 1.82) is 0 Å². The number of hydrogen-bond donors (Lipinski definition) is 4. The lowest BCUT2D eigenvalue weighted by Crippen LogP contribution is -2.44. The normalized spacial score (nSPS) is 13.9. The van der Waals surface area contributed by atoms with Gasteiger partial charge in [0.15, 0.2) is 0 Å². The Bertz CT molecular complexity index is 974. The van der Waals surface area contributed by atoms with Crippen molar-refractivity contribution in [1.82, 2.24) is 20.7 Å². The van der Waals surface area contributed by atoms with Crippen LogP contribution in [0.15, 0.2) is 60.8 Å². The number of aromatic amines is 1. The number of nitrogens with one attached hydrogen (secondary N) is 2. The summed E-state index contributed by atoms with van der Waals surface area (Å²) >= 11 is 0. The molecule has 0 aliphatic rings. The highest BCUT2D eigenvalue weighted by Crippen LogP contribution is 2.26. The summed E-state index contributed by atoms with van der Waals surface area (Å²) in [7, 11) is 0. The molecule has 0 saturated carbocycles. The van der Waals surface area contributed by atoms with E-state index in [0.29, 0.717) is 6.42 Å². The molecule has 1 amide bonds. The van der Waals surface area contributed by atoms with Crippen LogP contribution in [-0.2, 0) is 11.2 Å². The van der Waals surface area contributed by atoms with Crippen molar-refractivity contribution in [2.45, 2.75) is 25.8 Å². The maximum Gasteiger partial charge on any atom is 0.311 e. The molecule has 3 rings (SSSR count). The molecule has 0 aliphatic carbocycles. The van der Waals surface area contributed by atoms with E-state index in [1.54, 1.807) is 0 Å². The van der Waals surface area contributed by atoms with E-state index >= 15 is 0 Å². The number of carboxylic acid groups (broad SMARTS) is 1. The van der Waals surface area contributed by atoms with Gasteiger partial charge in [0.05, 0.1) is 18.2 Å². The van der Waals surface area contributed by atoms with Crippen molar-refractivity contribution in [2.24, 2.45) is 5.41 Å². The third kappa shape index (κ3) is 5.09. The predicted molar refractivity (Wildman–Crippen MR) is 111 cm³/mol. The first-order chi connectivity index (χ1) is 14.4. The topological polar surface area (TPSA) is 128 Å². The second kappa shape index (κ2) is 9.32. The highest BCUT2D eigenvalue weighted by Gasteiger charge is 2.36. The van der Waals surface area contributed by atoms with Crippen LogP contribution in [0.1, 0.15) is 29.4 Å². The summed E-state index contributed by atoms with van der Waals surface area (Å²) in [5.74, 6) is -1.55. The lowest BCUT2D eigenvalue weighted by Gasteiger charge is -2.28. The van der Waals surface area contributed by atoms with Crippen LogP contribution >= 0.6 is 0 Å². The number of rotatable bonds is 9. The molecule has 1 aromatic heterocycles. The van der Waals surface area contributed by atoms with Crippen LogP contribution in [0.4, 0.5) is 0 Å². The third-order valence-electron chi connectivity index (χ3n) is 5.10. The molecule has 0 aliphatic heterocycles. The Morgan fingerprint density at radius 3 is 2.33 bits per heavy atom. The quantitative estimate of drug-likeness (QED) is 0.430. The van der Waals surface area contributed by atoms with E-state index in [1.165, 1.54) is 13.1 Å². The maximum atomic E-state index is 12.5. The van der Waals surface area contributed by atoms with Crippen molar-refractivity contribution >= 4 is 11.9 Å². The number of nitrogens with zero attached hydrogens (tertiary/aromatic N) is 2. The molecule has 8 heteroatoms. The second-order valence-electron chi connectivity index (χ2n) is 7.54. The summed E-state index contributed by atoms with van der Waals surface area (Å²) in [4.78, 5) is 24.1. The number of aliphatic carboxylic acids is 1. The Hall–Kier alpha value is -3.52. The van der Waals surface area contributed by atoms with Crippen LogP contribution < -0.4 is 5.32 Å². The highest BCUT2D eigenvalue weighted by atomic mass is 16.4. The highest BCUT2D eigenvalue weighted by molar-refractivity contribution is 5.92. The maximum absolute atomic E-state index is 12.5. The smallest absolute Gasteiger partial charge is 0.311 e. The molecule has 4 N–H and O–H groups in total. The standard InChI is InChI=1S/C22H24N4O4/c1-22(14-27,21(29)30)12-18(24-20(28)19-13-23-26-25-19)11-15-7-9-17(10-8-15)16-5-3-2-4-6-16/h2-10,13,18,27H,11-12,14H2,1H3,(H,24,28)(H,29,30)(H,23,25,26)/t18-,22?/m1/s1. The number of carbonyl (C=O) groups is 2. The van der Waals surface area contributed by atoms with Gasteiger partial charge in [0.1, 0.15) is 5.69 Å². The van der Waals surface area contributed by atoms with Crippen molar-refractivity contribution in [3.8, 4) is 11.1 Å². The zero-order valence-electron chi connectivity index (χ0n) is 16.6. The van der Waals surface area contributed by atoms with Crippen LogP contribution in [-0.4, -0.2) is 50.1 Å². The molecule has 156 valence electrons. The summed E-state index contributed by atoms with van der Waals surface area (Å²) in [6, 6.07) is 17.3. The average Bonchev–Trinajstić information content (AvgIpc) is 3.30. The van der Waals surface area contributed by atoms with Crippen molar-refractivity contribution < 1.29 is 19.8 Å². The van der Waals surface area contributed by atoms with E-state index < -0.39 is 29.9 Å². The van der Waals surface area contributed by atoms with E-state index in [1.807, 2.05) is 54.6 Å². The monoisotopic (exact) mass is 408 g/mol. The number of H-pyrrole nitrogens is 1. The first kappa shape index (κ1) is 21.2. The molecule has 8 nitrogen and oxygen atoms in total. The molecule has 1 heterocycles.